The average Bonchev–Trinajstić information content (AvgIpc) is 3.59. The number of unbranched alkanes of at least 4 members (excludes halogenated alkanes) is 4. The molecule has 3 saturated carbocycles. The van der Waals surface area contributed by atoms with Gasteiger partial charge in [0.1, 0.15) is 23.1 Å². The van der Waals surface area contributed by atoms with Gasteiger partial charge in [-0.2, -0.15) is 0 Å². The maximum atomic E-state index is 12.6. The Bertz CT molecular complexity index is 1510. The summed E-state index contributed by atoms with van der Waals surface area (Å²) in [5.74, 6) is 6.70. The molecule has 3 fully saturated rings. The highest BCUT2D eigenvalue weighted by molar-refractivity contribution is 7.47. The number of hydrogen-bond acceptors (Lipinski definition) is 8. The van der Waals surface area contributed by atoms with Crippen LogP contribution in [0.25, 0.3) is 0 Å². The molecule has 0 heterocycles. The number of fused-ring (bicyclic) bond motifs is 5. The van der Waals surface area contributed by atoms with Crippen LogP contribution in [0.1, 0.15) is 221 Å². The van der Waals surface area contributed by atoms with Crippen molar-refractivity contribution in [1.29, 1.82) is 0 Å². The standard InChI is InChI=1S/C53H92NO8P/c1-40(2)17-13-18-41(3)49-30-31-50-48-29-28-43-39-42(32-34-52(43,4)51(48)33-35-53(49,50)5)19-9-7-10-20-44(55)22-14-24-46(57)26-16-27-47(58)25-15-23-45(56)21-11-8-12-37-61-63(59,60)62-38-36-54-6/h28,40-42,48-51,54H,7-27,29-39H2,1-6H3,(H,59,60)/t41-,42+,48+,49?,50?,51?,52?,53?/m1/s1. The molecule has 0 bridgehead atoms. The van der Waals surface area contributed by atoms with Gasteiger partial charge in [-0.25, -0.2) is 4.57 Å². The molecule has 0 aromatic rings. The van der Waals surface area contributed by atoms with Gasteiger partial charge >= 0.3 is 7.82 Å². The first kappa shape index (κ1) is 54.1. The highest BCUT2D eigenvalue weighted by Gasteiger charge is 2.59. The van der Waals surface area contributed by atoms with E-state index in [0.29, 0.717) is 107 Å². The molecule has 2 N–H and O–H groups in total. The van der Waals surface area contributed by atoms with Crippen LogP contribution >= 0.6 is 7.82 Å². The van der Waals surface area contributed by atoms with E-state index >= 15 is 0 Å². The molecule has 0 aromatic heterocycles. The van der Waals surface area contributed by atoms with Crippen LogP contribution in [-0.2, 0) is 32.8 Å². The highest BCUT2D eigenvalue weighted by Crippen LogP contribution is 2.67. The smallest absolute Gasteiger partial charge is 0.317 e. The molecule has 6 unspecified atom stereocenters. The van der Waals surface area contributed by atoms with E-state index in [1.54, 1.807) is 12.6 Å². The van der Waals surface area contributed by atoms with Crippen LogP contribution in [0.2, 0.25) is 0 Å². The van der Waals surface area contributed by atoms with Crippen LogP contribution in [0.3, 0.4) is 0 Å². The van der Waals surface area contributed by atoms with Crippen LogP contribution in [-0.4, -0.2) is 54.8 Å². The van der Waals surface area contributed by atoms with Crippen molar-refractivity contribution < 1.29 is 37.7 Å². The van der Waals surface area contributed by atoms with E-state index in [-0.39, 0.29) is 36.3 Å². The molecule has 0 spiro atoms. The molecule has 0 aliphatic heterocycles. The topological polar surface area (TPSA) is 136 Å². The van der Waals surface area contributed by atoms with Crippen LogP contribution < -0.4 is 5.32 Å². The molecule has 4 aliphatic carbocycles. The van der Waals surface area contributed by atoms with Gasteiger partial charge in [0.05, 0.1) is 13.2 Å². The fourth-order valence-corrected chi connectivity index (χ4v) is 13.7. The predicted octanol–water partition coefficient (Wildman–Crippen LogP) is 13.3. The molecule has 9 nitrogen and oxygen atoms in total. The van der Waals surface area contributed by atoms with Gasteiger partial charge in [-0.1, -0.05) is 91.2 Å². The Morgan fingerprint density at radius 1 is 0.698 bits per heavy atom. The number of carbonyl (C=O) groups excluding carboxylic acids is 4. The Hall–Kier alpha value is -1.51. The number of rotatable bonds is 34. The molecular formula is C53H92NO8P. The predicted molar refractivity (Wildman–Crippen MR) is 255 cm³/mol. The summed E-state index contributed by atoms with van der Waals surface area (Å²) in [6.07, 6.45) is 29.6. The van der Waals surface area contributed by atoms with Gasteiger partial charge in [0.25, 0.3) is 0 Å². The van der Waals surface area contributed by atoms with Crippen molar-refractivity contribution in [3.05, 3.63) is 11.6 Å². The number of ketones is 4. The lowest BCUT2D eigenvalue weighted by Crippen LogP contribution is -2.50. The fraction of sp³-hybridized carbons (Fsp3) is 0.887. The van der Waals surface area contributed by atoms with Gasteiger partial charge in [-0.15, -0.1) is 0 Å². The van der Waals surface area contributed by atoms with Crippen molar-refractivity contribution in [2.24, 2.45) is 52.3 Å². The summed E-state index contributed by atoms with van der Waals surface area (Å²) in [4.78, 5) is 59.1. The van der Waals surface area contributed by atoms with Crippen LogP contribution in [0.4, 0.5) is 0 Å². The van der Waals surface area contributed by atoms with Crippen molar-refractivity contribution in [2.75, 3.05) is 26.8 Å². The zero-order valence-corrected chi connectivity index (χ0v) is 41.9. The number of allylic oxidation sites excluding steroid dienone is 2. The summed E-state index contributed by atoms with van der Waals surface area (Å²) in [5, 5.41) is 2.82. The first-order valence-corrected chi connectivity index (χ1v) is 27.6. The Balaban J connectivity index is 0.983. The Morgan fingerprint density at radius 3 is 1.86 bits per heavy atom. The third-order valence-corrected chi connectivity index (χ3v) is 17.7. The second-order valence-electron chi connectivity index (χ2n) is 21.8. The van der Waals surface area contributed by atoms with Gasteiger partial charge < -0.3 is 10.2 Å². The summed E-state index contributed by atoms with van der Waals surface area (Å²) >= 11 is 0. The normalized spacial score (nSPS) is 28.1. The first-order chi connectivity index (χ1) is 30.1. The van der Waals surface area contributed by atoms with Crippen molar-refractivity contribution >= 4 is 31.0 Å². The fourth-order valence-electron chi connectivity index (χ4n) is 13.0. The molecule has 0 radical (unpaired) electrons. The minimum Gasteiger partial charge on any atom is -0.317 e. The molecular weight excluding hydrogens is 810 g/mol. The number of likely N-dealkylation sites (N-methyl/N-ethyl adjacent to an activating group) is 1. The zero-order valence-electron chi connectivity index (χ0n) is 41.0. The van der Waals surface area contributed by atoms with E-state index in [2.05, 4.69) is 46.0 Å². The second-order valence-corrected chi connectivity index (χ2v) is 23.2. The van der Waals surface area contributed by atoms with Crippen molar-refractivity contribution in [3.63, 3.8) is 0 Å². The largest absolute Gasteiger partial charge is 0.472 e. The third kappa shape index (κ3) is 17.6. The SMILES string of the molecule is CNCCOP(=O)(O)OCCCCCC(=O)CCCC(=O)CCCC(=O)CCCC(=O)CCCCC[C@H]1CCC2(C)C(=CC[C@@H]3C2CCC2(C)C3CCC2[C@H](C)CCCC(C)C)C1. The molecule has 10 heteroatoms. The molecule has 0 amide bonds. The van der Waals surface area contributed by atoms with E-state index in [9.17, 15) is 28.6 Å². The molecule has 63 heavy (non-hydrogen) atoms. The van der Waals surface area contributed by atoms with E-state index in [4.69, 9.17) is 9.05 Å². The number of nitrogens with one attached hydrogen (secondary N) is 1. The van der Waals surface area contributed by atoms with Gasteiger partial charge in [0, 0.05) is 57.9 Å². The maximum Gasteiger partial charge on any atom is 0.472 e. The zero-order chi connectivity index (χ0) is 45.9. The minimum atomic E-state index is -4.03. The van der Waals surface area contributed by atoms with E-state index < -0.39 is 7.82 Å². The second kappa shape index (κ2) is 27.3. The Morgan fingerprint density at radius 2 is 1.27 bits per heavy atom. The van der Waals surface area contributed by atoms with Gasteiger partial charge in [0.2, 0.25) is 0 Å². The highest BCUT2D eigenvalue weighted by atomic mass is 31.2. The Kier molecular flexibility index (Phi) is 23.5. The summed E-state index contributed by atoms with van der Waals surface area (Å²) in [6.45, 7) is 13.3. The molecule has 0 aromatic carbocycles. The number of phosphoric ester groups is 1. The number of hydrogen-bond donors (Lipinski definition) is 2. The summed E-state index contributed by atoms with van der Waals surface area (Å²) in [6, 6.07) is 0. The van der Waals surface area contributed by atoms with Crippen molar-refractivity contribution in [3.8, 4) is 0 Å². The van der Waals surface area contributed by atoms with Crippen LogP contribution in [0, 0.1) is 52.3 Å². The molecule has 0 saturated heterocycles. The molecule has 362 valence electrons. The molecule has 4 aliphatic rings. The molecule has 4 rings (SSSR count). The van der Waals surface area contributed by atoms with E-state index in [1.807, 2.05) is 0 Å². The van der Waals surface area contributed by atoms with E-state index in [0.717, 1.165) is 54.3 Å². The quantitative estimate of drug-likeness (QED) is 0.0367. The van der Waals surface area contributed by atoms with Gasteiger partial charge in [-0.05, 0) is 149 Å². The lowest BCUT2D eigenvalue weighted by Gasteiger charge is -2.58. The summed E-state index contributed by atoms with van der Waals surface area (Å²) < 4.78 is 21.5. The number of carbonyl (C=O) groups is 4. The van der Waals surface area contributed by atoms with Crippen LogP contribution in [0.5, 0.6) is 0 Å². The lowest BCUT2D eigenvalue weighted by atomic mass is 9.46. The van der Waals surface area contributed by atoms with Crippen molar-refractivity contribution in [1.82, 2.24) is 5.32 Å². The summed E-state index contributed by atoms with van der Waals surface area (Å²) in [5.41, 5.74) is 2.77. The lowest BCUT2D eigenvalue weighted by molar-refractivity contribution is -0.121. The average molecular weight is 902 g/mol. The van der Waals surface area contributed by atoms with Crippen molar-refractivity contribution in [2.45, 2.75) is 221 Å². The maximum absolute atomic E-state index is 12.6. The molecule has 9 atom stereocenters. The van der Waals surface area contributed by atoms with Crippen LogP contribution in [0.15, 0.2) is 11.6 Å². The Labute approximate surface area is 384 Å². The number of Topliss-reactive ketones (excluding diaryl/α,β-unsaturated/α-hetero) is 4. The van der Waals surface area contributed by atoms with Gasteiger partial charge in [-0.3, -0.25) is 28.2 Å². The first-order valence-electron chi connectivity index (χ1n) is 26.1. The van der Waals surface area contributed by atoms with E-state index in [1.165, 1.54) is 83.5 Å². The minimum absolute atomic E-state index is 0.0843. The van der Waals surface area contributed by atoms with Gasteiger partial charge in [0.15, 0.2) is 0 Å². The third-order valence-electron chi connectivity index (χ3n) is 16.7. The summed E-state index contributed by atoms with van der Waals surface area (Å²) in [7, 11) is -2.31. The monoisotopic (exact) mass is 902 g/mol. The number of phosphoric acid groups is 1.